The molecular weight excluding hydrogens is 484 g/mol. The van der Waals surface area contributed by atoms with Crippen LogP contribution in [0.1, 0.15) is 31.5 Å². The SMILES string of the molecule is CCC(C)C(NC(=O)C(CO)NC(=O)C(Cc1cnc[nH]1)NC(=O)C(N)Cc1ccc(O)cc1)C(=O)O. The number of rotatable bonds is 14. The van der Waals surface area contributed by atoms with E-state index in [0.717, 1.165) is 0 Å². The normalized spacial score (nSPS) is 15.0. The highest BCUT2D eigenvalue weighted by atomic mass is 16.4. The molecule has 0 aliphatic rings. The number of nitrogens with one attached hydrogen (secondary N) is 4. The fourth-order valence-electron chi connectivity index (χ4n) is 3.49. The summed E-state index contributed by atoms with van der Waals surface area (Å²) in [5.41, 5.74) is 7.23. The van der Waals surface area contributed by atoms with Crippen molar-refractivity contribution < 1.29 is 34.5 Å². The number of benzene rings is 1. The number of amides is 3. The van der Waals surface area contributed by atoms with Crippen LogP contribution in [-0.2, 0) is 32.0 Å². The Kier molecular flexibility index (Phi) is 11.0. The van der Waals surface area contributed by atoms with E-state index < -0.39 is 54.5 Å². The first-order chi connectivity index (χ1) is 17.5. The van der Waals surface area contributed by atoms with Gasteiger partial charge in [-0.1, -0.05) is 32.4 Å². The van der Waals surface area contributed by atoms with Crippen molar-refractivity contribution in [3.63, 3.8) is 0 Å². The number of hydrogen-bond acceptors (Lipinski definition) is 8. The van der Waals surface area contributed by atoms with E-state index in [1.165, 1.54) is 24.7 Å². The van der Waals surface area contributed by atoms with Gasteiger partial charge < -0.3 is 42.0 Å². The Bertz CT molecular complexity index is 1040. The fourth-order valence-corrected chi connectivity index (χ4v) is 3.49. The van der Waals surface area contributed by atoms with Gasteiger partial charge in [0.2, 0.25) is 17.7 Å². The number of hydrogen-bond donors (Lipinski definition) is 8. The zero-order valence-electron chi connectivity index (χ0n) is 20.7. The van der Waals surface area contributed by atoms with Crippen molar-refractivity contribution in [1.82, 2.24) is 25.9 Å². The quantitative estimate of drug-likeness (QED) is 0.150. The number of aromatic hydroxyl groups is 1. The summed E-state index contributed by atoms with van der Waals surface area (Å²) in [4.78, 5) is 56.8. The Morgan fingerprint density at radius 2 is 1.62 bits per heavy atom. The molecule has 2 rings (SSSR count). The molecule has 37 heavy (non-hydrogen) atoms. The lowest BCUT2D eigenvalue weighted by Crippen LogP contribution is -2.59. The highest BCUT2D eigenvalue weighted by Gasteiger charge is 2.32. The summed E-state index contributed by atoms with van der Waals surface area (Å²) < 4.78 is 0. The van der Waals surface area contributed by atoms with Crippen LogP contribution in [0.3, 0.4) is 0 Å². The number of carboxylic acid groups (broad SMARTS) is 1. The molecule has 1 aromatic heterocycles. The van der Waals surface area contributed by atoms with Crippen LogP contribution in [0.5, 0.6) is 5.75 Å². The van der Waals surface area contributed by atoms with Crippen molar-refractivity contribution in [2.24, 2.45) is 11.7 Å². The van der Waals surface area contributed by atoms with Crippen molar-refractivity contribution in [1.29, 1.82) is 0 Å². The van der Waals surface area contributed by atoms with Crippen LogP contribution >= 0.6 is 0 Å². The minimum absolute atomic E-state index is 0.0200. The number of phenolic OH excluding ortho intramolecular Hbond substituents is 1. The van der Waals surface area contributed by atoms with E-state index in [-0.39, 0.29) is 24.5 Å². The summed E-state index contributed by atoms with van der Waals surface area (Å²) in [6, 6.07) is 1.29. The van der Waals surface area contributed by atoms with E-state index in [0.29, 0.717) is 17.7 Å². The topological polar surface area (TPSA) is 220 Å². The van der Waals surface area contributed by atoms with Crippen molar-refractivity contribution >= 4 is 23.7 Å². The summed E-state index contributed by atoms with van der Waals surface area (Å²) in [5, 5.41) is 35.8. The molecule has 2 aromatic rings. The summed E-state index contributed by atoms with van der Waals surface area (Å²) in [6.45, 7) is 2.63. The van der Waals surface area contributed by atoms with E-state index in [4.69, 9.17) is 5.73 Å². The molecular formula is C24H34N6O7. The fraction of sp³-hybridized carbons (Fsp3) is 0.458. The maximum Gasteiger partial charge on any atom is 0.326 e. The summed E-state index contributed by atoms with van der Waals surface area (Å²) >= 11 is 0. The highest BCUT2D eigenvalue weighted by molar-refractivity contribution is 5.94. The monoisotopic (exact) mass is 518 g/mol. The minimum Gasteiger partial charge on any atom is -0.508 e. The molecule has 0 bridgehead atoms. The first-order valence-corrected chi connectivity index (χ1v) is 11.8. The number of carbonyl (C=O) groups excluding carboxylic acids is 3. The number of phenols is 1. The Balaban J connectivity index is 2.11. The zero-order valence-corrected chi connectivity index (χ0v) is 20.7. The molecule has 9 N–H and O–H groups in total. The molecule has 0 radical (unpaired) electrons. The van der Waals surface area contributed by atoms with E-state index >= 15 is 0 Å². The van der Waals surface area contributed by atoms with Crippen LogP contribution < -0.4 is 21.7 Å². The third-order valence-corrected chi connectivity index (χ3v) is 5.93. The molecule has 202 valence electrons. The van der Waals surface area contributed by atoms with E-state index in [1.54, 1.807) is 26.0 Å². The first kappa shape index (κ1) is 29.3. The molecule has 5 unspecified atom stereocenters. The molecule has 1 aromatic carbocycles. The van der Waals surface area contributed by atoms with Gasteiger partial charge in [0.1, 0.15) is 23.9 Å². The Hall–Kier alpha value is -3.97. The van der Waals surface area contributed by atoms with Gasteiger partial charge in [0.15, 0.2) is 0 Å². The Morgan fingerprint density at radius 1 is 1.00 bits per heavy atom. The van der Waals surface area contributed by atoms with Crippen LogP contribution in [0.2, 0.25) is 0 Å². The third kappa shape index (κ3) is 8.88. The van der Waals surface area contributed by atoms with Gasteiger partial charge in [0.25, 0.3) is 0 Å². The molecule has 0 aliphatic heterocycles. The molecule has 13 heteroatoms. The van der Waals surface area contributed by atoms with Crippen LogP contribution in [0.15, 0.2) is 36.8 Å². The van der Waals surface area contributed by atoms with Gasteiger partial charge in [-0.2, -0.15) is 0 Å². The average Bonchev–Trinajstić information content (AvgIpc) is 3.38. The van der Waals surface area contributed by atoms with Crippen molar-refractivity contribution in [2.75, 3.05) is 6.61 Å². The largest absolute Gasteiger partial charge is 0.508 e. The number of aromatic amines is 1. The highest BCUT2D eigenvalue weighted by Crippen LogP contribution is 2.11. The maximum absolute atomic E-state index is 13.1. The van der Waals surface area contributed by atoms with E-state index in [1.807, 2.05) is 0 Å². The number of carbonyl (C=O) groups is 4. The molecule has 1 heterocycles. The molecule has 0 aliphatic carbocycles. The molecule has 0 spiro atoms. The lowest BCUT2D eigenvalue weighted by molar-refractivity contribution is -0.144. The zero-order chi connectivity index (χ0) is 27.5. The number of H-pyrrole nitrogens is 1. The molecule has 0 fully saturated rings. The number of nitrogens with zero attached hydrogens (tertiary/aromatic N) is 1. The standard InChI is InChI=1S/C24H34N6O7/c1-3-13(2)20(24(36)37)30-23(35)19(11-31)29-22(34)18(9-15-10-26-12-27-15)28-21(33)17(25)8-14-4-6-16(32)7-5-14/h4-7,10,12-13,17-20,31-32H,3,8-9,11,25H2,1-2H3,(H,26,27)(H,28,33)(H,29,34)(H,30,35)(H,36,37). The number of nitrogens with two attached hydrogens (primary N) is 1. The third-order valence-electron chi connectivity index (χ3n) is 5.93. The summed E-state index contributed by atoms with van der Waals surface area (Å²) in [7, 11) is 0. The predicted molar refractivity (Wildman–Crippen MR) is 132 cm³/mol. The lowest BCUT2D eigenvalue weighted by Gasteiger charge is -2.25. The number of aliphatic hydroxyl groups excluding tert-OH is 1. The number of aromatic nitrogens is 2. The number of aliphatic hydroxyl groups is 1. The van der Waals surface area contributed by atoms with Gasteiger partial charge in [-0.25, -0.2) is 9.78 Å². The molecule has 3 amide bonds. The Labute approximate surface area is 213 Å². The number of carboxylic acids is 1. The number of aliphatic carboxylic acids is 1. The molecule has 13 nitrogen and oxygen atoms in total. The second kappa shape index (κ2) is 13.9. The minimum atomic E-state index is -1.45. The van der Waals surface area contributed by atoms with Gasteiger partial charge in [0.05, 0.1) is 19.0 Å². The number of imidazole rings is 1. The van der Waals surface area contributed by atoms with Gasteiger partial charge in [-0.15, -0.1) is 0 Å². The average molecular weight is 519 g/mol. The van der Waals surface area contributed by atoms with Crippen molar-refractivity contribution in [3.05, 3.63) is 48.0 Å². The first-order valence-electron chi connectivity index (χ1n) is 11.8. The summed E-state index contributed by atoms with van der Waals surface area (Å²) in [5.74, 6) is -3.86. The Morgan fingerprint density at radius 3 is 2.16 bits per heavy atom. The van der Waals surface area contributed by atoms with Gasteiger partial charge in [-0.05, 0) is 30.0 Å². The van der Waals surface area contributed by atoms with Crippen molar-refractivity contribution in [2.45, 2.75) is 57.3 Å². The van der Waals surface area contributed by atoms with Crippen LogP contribution in [0.4, 0.5) is 0 Å². The van der Waals surface area contributed by atoms with E-state index in [2.05, 4.69) is 25.9 Å². The lowest BCUT2D eigenvalue weighted by atomic mass is 9.99. The van der Waals surface area contributed by atoms with Gasteiger partial charge in [-0.3, -0.25) is 14.4 Å². The molecule has 5 atom stereocenters. The van der Waals surface area contributed by atoms with Crippen LogP contribution in [-0.4, -0.2) is 79.8 Å². The van der Waals surface area contributed by atoms with Crippen molar-refractivity contribution in [3.8, 4) is 5.75 Å². The molecule has 0 saturated heterocycles. The second-order valence-corrected chi connectivity index (χ2v) is 8.77. The van der Waals surface area contributed by atoms with Crippen LogP contribution in [0, 0.1) is 5.92 Å². The van der Waals surface area contributed by atoms with Crippen LogP contribution in [0.25, 0.3) is 0 Å². The predicted octanol–water partition coefficient (Wildman–Crippen LogP) is -1.19. The van der Waals surface area contributed by atoms with Gasteiger partial charge >= 0.3 is 5.97 Å². The molecule has 0 saturated carbocycles. The maximum atomic E-state index is 13.1. The van der Waals surface area contributed by atoms with E-state index in [9.17, 15) is 34.5 Å². The second-order valence-electron chi connectivity index (χ2n) is 8.77. The smallest absolute Gasteiger partial charge is 0.326 e. The van der Waals surface area contributed by atoms with Gasteiger partial charge in [0, 0.05) is 18.3 Å². The summed E-state index contributed by atoms with van der Waals surface area (Å²) in [6.07, 6.45) is 3.46.